The fourth-order valence-electron chi connectivity index (χ4n) is 1.37. The van der Waals surface area contributed by atoms with E-state index < -0.39 is 0 Å². The van der Waals surface area contributed by atoms with Crippen molar-refractivity contribution in [1.29, 1.82) is 0 Å². The van der Waals surface area contributed by atoms with Crippen molar-refractivity contribution in [3.8, 4) is 0 Å². The predicted octanol–water partition coefficient (Wildman–Crippen LogP) is 0.100. The van der Waals surface area contributed by atoms with Crippen molar-refractivity contribution in [2.75, 3.05) is 19.7 Å². The molecule has 71 valence electrons. The maximum Gasteiger partial charge on any atom is 0.119 e. The van der Waals surface area contributed by atoms with Crippen LogP contribution in [-0.2, 0) is 9.57 Å². The van der Waals surface area contributed by atoms with Gasteiger partial charge in [0.1, 0.15) is 12.5 Å². The lowest BCUT2D eigenvalue weighted by atomic mass is 10.1. The average molecular weight is 181 g/mol. The largest absolute Gasteiger partial charge is 0.390 e. The Balaban J connectivity index is 1.97. The minimum Gasteiger partial charge on any atom is -0.390 e. The van der Waals surface area contributed by atoms with Crippen molar-refractivity contribution in [3.63, 3.8) is 0 Å². The van der Waals surface area contributed by atoms with Gasteiger partial charge in [0, 0.05) is 18.7 Å². The molecule has 0 amide bonds. The molecule has 2 heterocycles. The monoisotopic (exact) mass is 181 g/mol. The molecular weight excluding hydrogens is 168 g/mol. The second-order valence-electron chi connectivity index (χ2n) is 3.02. The van der Waals surface area contributed by atoms with Gasteiger partial charge in [0.15, 0.2) is 0 Å². The molecule has 1 radical (unpaired) electrons. The van der Waals surface area contributed by atoms with E-state index in [9.17, 15) is 0 Å². The molecule has 0 aromatic rings. The van der Waals surface area contributed by atoms with E-state index in [4.69, 9.17) is 9.57 Å². The van der Waals surface area contributed by atoms with Crippen LogP contribution in [0.2, 0.25) is 0 Å². The van der Waals surface area contributed by atoms with Crippen LogP contribution in [-0.4, -0.2) is 25.8 Å². The summed E-state index contributed by atoms with van der Waals surface area (Å²) in [4.78, 5) is 4.78. The molecule has 1 atom stereocenters. The lowest BCUT2D eigenvalue weighted by Crippen LogP contribution is -2.29. The van der Waals surface area contributed by atoms with Crippen LogP contribution in [0.4, 0.5) is 0 Å². The summed E-state index contributed by atoms with van der Waals surface area (Å²) in [5.41, 5.74) is 3.57. The Labute approximate surface area is 77.5 Å². The van der Waals surface area contributed by atoms with Gasteiger partial charge in [0.25, 0.3) is 0 Å². The molecule has 4 nitrogen and oxygen atoms in total. The Morgan fingerprint density at radius 1 is 1.54 bits per heavy atom. The predicted molar refractivity (Wildman–Crippen MR) is 47.3 cm³/mol. The summed E-state index contributed by atoms with van der Waals surface area (Å²) in [5.74, 6) is 0. The summed E-state index contributed by atoms with van der Waals surface area (Å²) in [6.45, 7) is 2.67. The third-order valence-corrected chi connectivity index (χ3v) is 2.06. The lowest BCUT2D eigenvalue weighted by molar-refractivity contribution is 0.0871. The van der Waals surface area contributed by atoms with E-state index in [-0.39, 0.29) is 6.10 Å². The summed E-state index contributed by atoms with van der Waals surface area (Å²) in [6, 6.07) is 0. The Bertz CT molecular complexity index is 218. The summed E-state index contributed by atoms with van der Waals surface area (Å²) >= 11 is 0. The van der Waals surface area contributed by atoms with E-state index in [1.54, 1.807) is 6.26 Å². The zero-order valence-electron chi connectivity index (χ0n) is 7.38. The Hall–Kier alpha value is -1.00. The van der Waals surface area contributed by atoms with Crippen LogP contribution in [0.3, 0.4) is 0 Å². The molecular formula is C9H13N2O2. The second kappa shape index (κ2) is 4.30. The fraction of sp³-hybridized carbons (Fsp3) is 0.556. The first kappa shape index (κ1) is 8.59. The number of nitrogens with one attached hydrogen (secondary N) is 2. The molecule has 0 saturated carbocycles. The maximum absolute atomic E-state index is 5.63. The minimum atomic E-state index is 0.0927. The maximum atomic E-state index is 5.63. The molecule has 0 spiro atoms. The number of ether oxygens (including phenoxy) is 1. The van der Waals surface area contributed by atoms with E-state index in [1.165, 1.54) is 0 Å². The highest BCUT2D eigenvalue weighted by atomic mass is 16.6. The Morgan fingerprint density at radius 3 is 3.38 bits per heavy atom. The number of hydroxylamine groups is 1. The quantitative estimate of drug-likeness (QED) is 0.602. The number of rotatable bonds is 1. The van der Waals surface area contributed by atoms with Crippen LogP contribution in [0, 0.1) is 6.20 Å². The highest BCUT2D eigenvalue weighted by Crippen LogP contribution is 2.11. The first-order chi connectivity index (χ1) is 6.47. The molecule has 2 aliphatic rings. The van der Waals surface area contributed by atoms with Gasteiger partial charge in [-0.05, 0) is 19.0 Å². The normalized spacial score (nSPS) is 28.3. The van der Waals surface area contributed by atoms with Crippen LogP contribution in [0.1, 0.15) is 6.42 Å². The average Bonchev–Trinajstić information content (AvgIpc) is 2.47. The summed E-state index contributed by atoms with van der Waals surface area (Å²) in [6.07, 6.45) is 7.54. The van der Waals surface area contributed by atoms with E-state index >= 15 is 0 Å². The van der Waals surface area contributed by atoms with Crippen molar-refractivity contribution >= 4 is 0 Å². The molecule has 2 aliphatic heterocycles. The minimum absolute atomic E-state index is 0.0927. The standard InChI is InChI=1S/C9H13N2O2/c1-3-10-7-9(12-4-1)8-2-5-13-11-6-8/h2,5,9-11H,1,3-4,7H2. The van der Waals surface area contributed by atoms with E-state index in [0.29, 0.717) is 0 Å². The first-order valence-corrected chi connectivity index (χ1v) is 4.49. The molecule has 1 unspecified atom stereocenters. The third-order valence-electron chi connectivity index (χ3n) is 2.06. The summed E-state index contributed by atoms with van der Waals surface area (Å²) in [5, 5.41) is 3.31. The van der Waals surface area contributed by atoms with Gasteiger partial charge >= 0.3 is 0 Å². The van der Waals surface area contributed by atoms with Gasteiger partial charge in [-0.1, -0.05) is 0 Å². The van der Waals surface area contributed by atoms with E-state index in [2.05, 4.69) is 17.0 Å². The van der Waals surface area contributed by atoms with Crippen molar-refractivity contribution in [2.45, 2.75) is 12.5 Å². The summed E-state index contributed by atoms with van der Waals surface area (Å²) < 4.78 is 5.63. The molecule has 0 bridgehead atoms. The smallest absolute Gasteiger partial charge is 0.119 e. The molecule has 4 heteroatoms. The zero-order chi connectivity index (χ0) is 8.93. The van der Waals surface area contributed by atoms with Crippen LogP contribution < -0.4 is 10.8 Å². The van der Waals surface area contributed by atoms with Gasteiger partial charge in [0.05, 0.1) is 6.10 Å². The molecule has 0 aromatic carbocycles. The number of hydrogen-bond acceptors (Lipinski definition) is 4. The summed E-state index contributed by atoms with van der Waals surface area (Å²) in [7, 11) is 0. The topological polar surface area (TPSA) is 42.5 Å². The van der Waals surface area contributed by atoms with Gasteiger partial charge in [-0.2, -0.15) is 0 Å². The Kier molecular flexibility index (Phi) is 2.84. The molecule has 0 aliphatic carbocycles. The van der Waals surface area contributed by atoms with Crippen molar-refractivity contribution in [1.82, 2.24) is 10.8 Å². The van der Waals surface area contributed by atoms with Gasteiger partial charge in [0.2, 0.25) is 0 Å². The van der Waals surface area contributed by atoms with E-state index in [0.717, 1.165) is 31.7 Å². The van der Waals surface area contributed by atoms with Gasteiger partial charge < -0.3 is 14.9 Å². The van der Waals surface area contributed by atoms with Crippen LogP contribution in [0.25, 0.3) is 0 Å². The zero-order valence-corrected chi connectivity index (χ0v) is 7.38. The van der Waals surface area contributed by atoms with E-state index in [1.807, 2.05) is 6.08 Å². The highest BCUT2D eigenvalue weighted by Gasteiger charge is 2.16. The van der Waals surface area contributed by atoms with Crippen molar-refractivity contribution in [3.05, 3.63) is 24.1 Å². The molecule has 13 heavy (non-hydrogen) atoms. The SMILES string of the molecule is [C]1=C(C2CNCCCO2)C=CON1. The Morgan fingerprint density at radius 2 is 2.54 bits per heavy atom. The first-order valence-electron chi connectivity index (χ1n) is 4.49. The van der Waals surface area contributed by atoms with Crippen LogP contribution in [0.5, 0.6) is 0 Å². The second-order valence-corrected chi connectivity index (χ2v) is 3.02. The third kappa shape index (κ3) is 2.23. The van der Waals surface area contributed by atoms with Crippen LogP contribution >= 0.6 is 0 Å². The molecule has 2 rings (SSSR count). The van der Waals surface area contributed by atoms with Gasteiger partial charge in [-0.3, -0.25) is 0 Å². The highest BCUT2D eigenvalue weighted by molar-refractivity contribution is 5.20. The fourth-order valence-corrected chi connectivity index (χ4v) is 1.37. The number of hydrogen-bond donors (Lipinski definition) is 2. The van der Waals surface area contributed by atoms with Crippen molar-refractivity contribution in [2.24, 2.45) is 0 Å². The molecule has 1 saturated heterocycles. The molecule has 0 aromatic heterocycles. The molecule has 2 N–H and O–H groups in total. The van der Waals surface area contributed by atoms with Gasteiger partial charge in [-0.25, -0.2) is 5.48 Å². The van der Waals surface area contributed by atoms with Crippen LogP contribution in [0.15, 0.2) is 17.9 Å². The lowest BCUT2D eigenvalue weighted by Gasteiger charge is -2.17. The van der Waals surface area contributed by atoms with Crippen molar-refractivity contribution < 1.29 is 9.57 Å². The van der Waals surface area contributed by atoms with Gasteiger partial charge in [-0.15, -0.1) is 0 Å². The molecule has 1 fully saturated rings.